The van der Waals surface area contributed by atoms with Crippen molar-refractivity contribution in [2.24, 2.45) is 0 Å². The molecule has 0 fully saturated rings. The van der Waals surface area contributed by atoms with Crippen LogP contribution in [0.2, 0.25) is 0 Å². The van der Waals surface area contributed by atoms with E-state index in [1.54, 1.807) is 11.3 Å². The Hall–Kier alpha value is -1.87. The maximum Gasteiger partial charge on any atom is 0.328 e. The number of thiophene rings is 1. The molecule has 0 aromatic carbocycles. The number of fused-ring (bicyclic) bond motifs is 3. The zero-order chi connectivity index (χ0) is 18.9. The van der Waals surface area contributed by atoms with Crippen LogP contribution in [0.3, 0.4) is 0 Å². The zero-order valence-electron chi connectivity index (χ0n) is 14.7. The van der Waals surface area contributed by atoms with Crippen LogP contribution in [0.15, 0.2) is 4.79 Å². The first-order valence-electron chi connectivity index (χ1n) is 8.43. The lowest BCUT2D eigenvalue weighted by Crippen LogP contribution is -2.50. The number of carboxylic acids is 1. The number of aliphatic carboxylic acids is 1. The predicted octanol–water partition coefficient (Wildman–Crippen LogP) is 2.08. The van der Waals surface area contributed by atoms with E-state index in [0.717, 1.165) is 41.5 Å². The van der Waals surface area contributed by atoms with E-state index in [1.807, 2.05) is 0 Å². The fourth-order valence-electron chi connectivity index (χ4n) is 2.96. The molecule has 1 aliphatic carbocycles. The minimum absolute atomic E-state index is 0.0966. The Bertz CT molecular complexity index is 917. The van der Waals surface area contributed by atoms with Gasteiger partial charge in [-0.2, -0.15) is 0 Å². The number of nitrogens with one attached hydrogen (secondary N) is 2. The summed E-state index contributed by atoms with van der Waals surface area (Å²) < 4.78 is 0. The van der Waals surface area contributed by atoms with Gasteiger partial charge in [-0.05, 0) is 45.1 Å². The molecule has 140 valence electrons. The van der Waals surface area contributed by atoms with Gasteiger partial charge in [0, 0.05) is 4.88 Å². The summed E-state index contributed by atoms with van der Waals surface area (Å²) in [6, 6.07) is 0. The van der Waals surface area contributed by atoms with Crippen LogP contribution in [0.4, 0.5) is 0 Å². The Balaban J connectivity index is 1.66. The largest absolute Gasteiger partial charge is 0.480 e. The summed E-state index contributed by atoms with van der Waals surface area (Å²) >= 11 is 2.88. The number of thioether (sulfide) groups is 1. The number of aromatic nitrogens is 2. The number of amides is 1. The Kier molecular flexibility index (Phi) is 5.38. The van der Waals surface area contributed by atoms with Crippen molar-refractivity contribution in [3.63, 3.8) is 0 Å². The van der Waals surface area contributed by atoms with Gasteiger partial charge in [-0.1, -0.05) is 0 Å². The molecular formula is C17H21N3O4S2. The third kappa shape index (κ3) is 3.93. The molecule has 3 N–H and O–H groups in total. The highest BCUT2D eigenvalue weighted by atomic mass is 32.2. The molecule has 1 aliphatic rings. The predicted molar refractivity (Wildman–Crippen MR) is 103 cm³/mol. The van der Waals surface area contributed by atoms with Crippen LogP contribution in [-0.2, 0) is 28.2 Å². The number of carboxylic acid groups (broad SMARTS) is 1. The summed E-state index contributed by atoms with van der Waals surface area (Å²) in [6.45, 7) is 2.87. The van der Waals surface area contributed by atoms with E-state index in [9.17, 15) is 14.4 Å². The second-order valence-electron chi connectivity index (χ2n) is 6.87. The highest BCUT2D eigenvalue weighted by Gasteiger charge is 2.28. The van der Waals surface area contributed by atoms with Crippen molar-refractivity contribution >= 4 is 45.2 Å². The van der Waals surface area contributed by atoms with Gasteiger partial charge in [0.1, 0.15) is 16.2 Å². The Morgan fingerprint density at radius 2 is 2.08 bits per heavy atom. The summed E-state index contributed by atoms with van der Waals surface area (Å²) in [6.07, 6.45) is 4.22. The maximum atomic E-state index is 12.4. The van der Waals surface area contributed by atoms with Crippen LogP contribution in [0.25, 0.3) is 10.2 Å². The van der Waals surface area contributed by atoms with Crippen LogP contribution in [0.5, 0.6) is 0 Å². The molecule has 7 nitrogen and oxygen atoms in total. The van der Waals surface area contributed by atoms with Gasteiger partial charge < -0.3 is 15.4 Å². The number of carbonyl (C=O) groups excluding carboxylic acids is 1. The number of H-pyrrole nitrogens is 1. The van der Waals surface area contributed by atoms with Crippen molar-refractivity contribution in [3.05, 3.63) is 26.6 Å². The van der Waals surface area contributed by atoms with Gasteiger partial charge in [0.15, 0.2) is 0 Å². The lowest BCUT2D eigenvalue weighted by atomic mass is 9.97. The molecule has 0 unspecified atom stereocenters. The Morgan fingerprint density at radius 3 is 2.81 bits per heavy atom. The molecule has 2 heterocycles. The van der Waals surface area contributed by atoms with E-state index in [1.165, 1.54) is 30.5 Å². The number of nitrogens with zero attached hydrogens (tertiary/aromatic N) is 1. The van der Waals surface area contributed by atoms with Crippen molar-refractivity contribution in [2.45, 2.75) is 50.8 Å². The molecular weight excluding hydrogens is 374 g/mol. The third-order valence-corrected chi connectivity index (χ3v) is 6.46. The van der Waals surface area contributed by atoms with Gasteiger partial charge >= 0.3 is 5.97 Å². The number of hydrogen-bond donors (Lipinski definition) is 3. The second kappa shape index (κ2) is 7.40. The lowest BCUT2D eigenvalue weighted by Gasteiger charge is -2.20. The molecule has 2 aromatic heterocycles. The van der Waals surface area contributed by atoms with Crippen LogP contribution in [-0.4, -0.2) is 38.2 Å². The Morgan fingerprint density at radius 1 is 1.35 bits per heavy atom. The van der Waals surface area contributed by atoms with Crippen molar-refractivity contribution in [1.82, 2.24) is 15.3 Å². The van der Waals surface area contributed by atoms with Gasteiger partial charge in [-0.25, -0.2) is 9.78 Å². The third-order valence-electron chi connectivity index (χ3n) is 4.33. The first-order valence-corrected chi connectivity index (χ1v) is 10.4. The number of aromatic amines is 1. The summed E-state index contributed by atoms with van der Waals surface area (Å²) in [4.78, 5) is 44.8. The van der Waals surface area contributed by atoms with Gasteiger partial charge in [-0.15, -0.1) is 23.1 Å². The minimum Gasteiger partial charge on any atom is -0.480 e. The summed E-state index contributed by atoms with van der Waals surface area (Å²) in [5.41, 5.74) is -0.264. The minimum atomic E-state index is -1.31. The van der Waals surface area contributed by atoms with Crippen molar-refractivity contribution in [3.8, 4) is 0 Å². The molecule has 0 radical (unpaired) electrons. The molecule has 0 bridgehead atoms. The molecule has 0 aliphatic heterocycles. The quantitative estimate of drug-likeness (QED) is 0.690. The number of carbonyl (C=O) groups is 2. The summed E-state index contributed by atoms with van der Waals surface area (Å²) in [7, 11) is 0. The fourth-order valence-corrected chi connectivity index (χ4v) is 4.93. The lowest BCUT2D eigenvalue weighted by molar-refractivity contribution is -0.145. The molecule has 3 rings (SSSR count). The standard InChI is InChI=1S/C17H21N3O4S2/c1-17(2,16(23)24)20-12(21)8-25-7-11-18-14(22)13-9-5-3-4-6-10(9)26-15(13)19-11/h3-8H2,1-2H3,(H,20,21)(H,23,24)(H,18,19,22). The highest BCUT2D eigenvalue weighted by Crippen LogP contribution is 2.33. The first kappa shape index (κ1) is 18.9. The molecule has 0 atom stereocenters. The normalized spacial score (nSPS) is 14.2. The van der Waals surface area contributed by atoms with Crippen molar-refractivity contribution in [1.29, 1.82) is 0 Å². The smallest absolute Gasteiger partial charge is 0.328 e. The van der Waals surface area contributed by atoms with Gasteiger partial charge in [0.05, 0.1) is 16.9 Å². The van der Waals surface area contributed by atoms with Crippen LogP contribution in [0.1, 0.15) is 43.0 Å². The van der Waals surface area contributed by atoms with Crippen molar-refractivity contribution < 1.29 is 14.7 Å². The first-order chi connectivity index (χ1) is 12.3. The molecule has 0 saturated carbocycles. The number of aryl methyl sites for hydroxylation is 2. The average molecular weight is 396 g/mol. The Labute approximate surface area is 158 Å². The SMILES string of the molecule is CC(C)(NC(=O)CSCc1nc2sc3c(c2c(=O)[nH]1)CCCC3)C(=O)O. The molecule has 0 spiro atoms. The number of rotatable bonds is 6. The van der Waals surface area contributed by atoms with Gasteiger partial charge in [0.25, 0.3) is 5.56 Å². The average Bonchev–Trinajstić information content (AvgIpc) is 2.92. The van der Waals surface area contributed by atoms with E-state index in [4.69, 9.17) is 5.11 Å². The van der Waals surface area contributed by atoms with E-state index < -0.39 is 11.5 Å². The molecule has 2 aromatic rings. The molecule has 1 amide bonds. The van der Waals surface area contributed by atoms with Gasteiger partial charge in [0.2, 0.25) is 5.91 Å². The maximum absolute atomic E-state index is 12.4. The van der Waals surface area contributed by atoms with Crippen LogP contribution in [0, 0.1) is 0 Å². The highest BCUT2D eigenvalue weighted by molar-refractivity contribution is 7.99. The van der Waals surface area contributed by atoms with Gasteiger partial charge in [-0.3, -0.25) is 9.59 Å². The van der Waals surface area contributed by atoms with E-state index in [0.29, 0.717) is 11.6 Å². The molecule has 9 heteroatoms. The van der Waals surface area contributed by atoms with Crippen LogP contribution >= 0.6 is 23.1 Å². The van der Waals surface area contributed by atoms with E-state index in [2.05, 4.69) is 15.3 Å². The number of hydrogen-bond acceptors (Lipinski definition) is 6. The molecule has 26 heavy (non-hydrogen) atoms. The van der Waals surface area contributed by atoms with Crippen LogP contribution < -0.4 is 10.9 Å². The van der Waals surface area contributed by atoms with E-state index in [-0.39, 0.29) is 17.2 Å². The molecule has 0 saturated heterocycles. The summed E-state index contributed by atoms with van der Waals surface area (Å²) in [5.74, 6) is -0.434. The fraction of sp³-hybridized carbons (Fsp3) is 0.529. The van der Waals surface area contributed by atoms with E-state index >= 15 is 0 Å². The second-order valence-corrected chi connectivity index (χ2v) is 8.94. The zero-order valence-corrected chi connectivity index (χ0v) is 16.3. The van der Waals surface area contributed by atoms with Crippen molar-refractivity contribution in [2.75, 3.05) is 5.75 Å². The summed E-state index contributed by atoms with van der Waals surface area (Å²) in [5, 5.41) is 12.2. The monoisotopic (exact) mass is 395 g/mol. The topological polar surface area (TPSA) is 112 Å².